The molecule has 0 heterocycles. The van der Waals surface area contributed by atoms with Crippen LogP contribution in [0.4, 0.5) is 17.6 Å². The van der Waals surface area contributed by atoms with Crippen LogP contribution < -0.4 is 9.47 Å². The summed E-state index contributed by atoms with van der Waals surface area (Å²) >= 11 is 0. The molecule has 0 radical (unpaired) electrons. The summed E-state index contributed by atoms with van der Waals surface area (Å²) in [5.41, 5.74) is -0.0251. The number of halogens is 4. The Morgan fingerprint density at radius 2 is 1.48 bits per heavy atom. The van der Waals surface area contributed by atoms with Crippen molar-refractivity contribution in [2.75, 3.05) is 13.2 Å². The molecule has 1 fully saturated rings. The van der Waals surface area contributed by atoms with Gasteiger partial charge in [-0.25, -0.2) is 8.78 Å². The van der Waals surface area contributed by atoms with Crippen molar-refractivity contribution in [3.63, 3.8) is 0 Å². The van der Waals surface area contributed by atoms with Crippen LogP contribution in [0.15, 0.2) is 24.3 Å². The number of hydrogen-bond acceptors (Lipinski definition) is 3. The van der Waals surface area contributed by atoms with Gasteiger partial charge in [-0.2, -0.15) is 8.78 Å². The molecule has 0 bridgehead atoms. The number of carbonyl (C=O) groups excluding carboxylic acids is 1. The van der Waals surface area contributed by atoms with Crippen LogP contribution in [-0.2, 0) is 0 Å². The van der Waals surface area contributed by atoms with Gasteiger partial charge in [0.25, 0.3) is 0 Å². The standard InChI is InChI=1S/C22H22F4O3/c1-2-28-17-10-8-16(20(24)22(17)26)14-5-3-13(4-6-14)12-29-18-9-7-15(11-27)19(23)21(18)25/h7-11,13-14H,2-6,12H2,1H3. The van der Waals surface area contributed by atoms with Crippen LogP contribution in [0.5, 0.6) is 11.5 Å². The normalized spacial score (nSPS) is 19.1. The maximum atomic E-state index is 14.4. The number of benzene rings is 2. The van der Waals surface area contributed by atoms with Gasteiger partial charge in [0.1, 0.15) is 0 Å². The monoisotopic (exact) mass is 410 g/mol. The van der Waals surface area contributed by atoms with Crippen molar-refractivity contribution in [3.8, 4) is 11.5 Å². The maximum Gasteiger partial charge on any atom is 0.201 e. The van der Waals surface area contributed by atoms with Crippen molar-refractivity contribution in [1.82, 2.24) is 0 Å². The Labute approximate surface area is 166 Å². The fraction of sp³-hybridized carbons (Fsp3) is 0.409. The van der Waals surface area contributed by atoms with Crippen molar-refractivity contribution in [2.24, 2.45) is 5.92 Å². The Morgan fingerprint density at radius 3 is 2.14 bits per heavy atom. The first-order valence-corrected chi connectivity index (χ1v) is 9.62. The van der Waals surface area contributed by atoms with E-state index in [9.17, 15) is 22.4 Å². The van der Waals surface area contributed by atoms with Gasteiger partial charge in [-0.3, -0.25) is 4.79 Å². The number of ether oxygens (including phenoxy) is 2. The highest BCUT2D eigenvalue weighted by atomic mass is 19.2. The molecule has 2 aromatic carbocycles. The Balaban J connectivity index is 1.58. The molecule has 3 rings (SSSR count). The molecule has 29 heavy (non-hydrogen) atoms. The van der Waals surface area contributed by atoms with Gasteiger partial charge in [0.2, 0.25) is 11.6 Å². The minimum Gasteiger partial charge on any atom is -0.491 e. The molecule has 2 aromatic rings. The Bertz CT molecular complexity index is 877. The van der Waals surface area contributed by atoms with Crippen LogP contribution in [0.1, 0.15) is 54.4 Å². The van der Waals surface area contributed by atoms with Crippen LogP contribution in [0, 0.1) is 29.2 Å². The highest BCUT2D eigenvalue weighted by Crippen LogP contribution is 2.39. The van der Waals surface area contributed by atoms with Gasteiger partial charge in [-0.05, 0) is 68.2 Å². The molecule has 0 saturated heterocycles. The highest BCUT2D eigenvalue weighted by Gasteiger charge is 2.27. The van der Waals surface area contributed by atoms with E-state index in [2.05, 4.69) is 0 Å². The molecule has 0 spiro atoms. The zero-order valence-electron chi connectivity index (χ0n) is 16.0. The van der Waals surface area contributed by atoms with Gasteiger partial charge in [0, 0.05) is 0 Å². The lowest BCUT2D eigenvalue weighted by molar-refractivity contribution is 0.111. The molecule has 0 N–H and O–H groups in total. The molecule has 1 saturated carbocycles. The zero-order valence-corrected chi connectivity index (χ0v) is 16.0. The summed E-state index contributed by atoms with van der Waals surface area (Å²) in [4.78, 5) is 10.6. The lowest BCUT2D eigenvalue weighted by atomic mass is 9.79. The third kappa shape index (κ3) is 4.54. The molecule has 7 heteroatoms. The van der Waals surface area contributed by atoms with Gasteiger partial charge in [0.15, 0.2) is 29.4 Å². The van der Waals surface area contributed by atoms with Gasteiger partial charge >= 0.3 is 0 Å². The van der Waals surface area contributed by atoms with Gasteiger partial charge in [-0.15, -0.1) is 0 Å². The van der Waals surface area contributed by atoms with Crippen LogP contribution in [0.25, 0.3) is 0 Å². The van der Waals surface area contributed by atoms with E-state index in [1.54, 1.807) is 13.0 Å². The predicted molar refractivity (Wildman–Crippen MR) is 99.5 cm³/mol. The molecule has 0 aromatic heterocycles. The summed E-state index contributed by atoms with van der Waals surface area (Å²) in [5.74, 6) is -4.60. The first-order chi connectivity index (χ1) is 14.0. The molecule has 3 nitrogen and oxygen atoms in total. The summed E-state index contributed by atoms with van der Waals surface area (Å²) < 4.78 is 66.5. The van der Waals surface area contributed by atoms with E-state index >= 15 is 0 Å². The highest BCUT2D eigenvalue weighted by molar-refractivity contribution is 5.75. The SMILES string of the molecule is CCOc1ccc(C2CCC(COc3ccc(C=O)c(F)c3F)CC2)c(F)c1F. The van der Waals surface area contributed by atoms with E-state index in [0.717, 1.165) is 0 Å². The van der Waals surface area contributed by atoms with Gasteiger partial charge < -0.3 is 9.47 Å². The third-order valence-corrected chi connectivity index (χ3v) is 5.34. The molecule has 156 valence electrons. The molecule has 0 atom stereocenters. The maximum absolute atomic E-state index is 14.4. The number of carbonyl (C=O) groups is 1. The summed E-state index contributed by atoms with van der Waals surface area (Å²) in [6.45, 7) is 2.14. The van der Waals surface area contributed by atoms with Crippen LogP contribution in [-0.4, -0.2) is 19.5 Å². The molecule has 1 aliphatic carbocycles. The van der Waals surface area contributed by atoms with Crippen molar-refractivity contribution in [2.45, 2.75) is 38.5 Å². The van der Waals surface area contributed by atoms with E-state index in [4.69, 9.17) is 9.47 Å². The van der Waals surface area contributed by atoms with E-state index < -0.39 is 23.3 Å². The molecule has 0 unspecified atom stereocenters. The molecule has 0 amide bonds. The summed E-state index contributed by atoms with van der Waals surface area (Å²) in [6, 6.07) is 5.41. The Kier molecular flexibility index (Phi) is 6.77. The van der Waals surface area contributed by atoms with Crippen LogP contribution in [0.3, 0.4) is 0 Å². The van der Waals surface area contributed by atoms with E-state index in [0.29, 0.717) is 31.2 Å². The van der Waals surface area contributed by atoms with Crippen LogP contribution in [0.2, 0.25) is 0 Å². The third-order valence-electron chi connectivity index (χ3n) is 5.34. The predicted octanol–water partition coefficient (Wildman–Crippen LogP) is 5.81. The second-order valence-electron chi connectivity index (χ2n) is 7.14. The van der Waals surface area contributed by atoms with Crippen LogP contribution >= 0.6 is 0 Å². The van der Waals surface area contributed by atoms with Gasteiger partial charge in [-0.1, -0.05) is 6.07 Å². The quantitative estimate of drug-likeness (QED) is 0.427. The Hall–Kier alpha value is -2.57. The van der Waals surface area contributed by atoms with Crippen molar-refractivity contribution < 1.29 is 31.8 Å². The second kappa shape index (κ2) is 9.29. The summed E-state index contributed by atoms with van der Waals surface area (Å²) in [5, 5.41) is 0. The minimum atomic E-state index is -1.23. The molecule has 0 aliphatic heterocycles. The van der Waals surface area contributed by atoms with E-state index in [-0.39, 0.29) is 48.4 Å². The fourth-order valence-corrected chi connectivity index (χ4v) is 3.73. The first kappa shape index (κ1) is 21.1. The molecule has 1 aliphatic rings. The molecular formula is C22H22F4O3. The Morgan fingerprint density at radius 1 is 0.862 bits per heavy atom. The molecular weight excluding hydrogens is 388 g/mol. The lowest BCUT2D eigenvalue weighted by Gasteiger charge is -2.29. The largest absolute Gasteiger partial charge is 0.491 e. The lowest BCUT2D eigenvalue weighted by Crippen LogP contribution is -2.20. The fourth-order valence-electron chi connectivity index (χ4n) is 3.73. The first-order valence-electron chi connectivity index (χ1n) is 9.62. The second-order valence-corrected chi connectivity index (χ2v) is 7.14. The zero-order chi connectivity index (χ0) is 21.0. The minimum absolute atomic E-state index is 0.0920. The topological polar surface area (TPSA) is 35.5 Å². The van der Waals surface area contributed by atoms with E-state index in [1.807, 2.05) is 0 Å². The average molecular weight is 410 g/mol. The van der Waals surface area contributed by atoms with Crippen molar-refractivity contribution >= 4 is 6.29 Å². The summed E-state index contributed by atoms with van der Waals surface area (Å²) in [7, 11) is 0. The van der Waals surface area contributed by atoms with E-state index in [1.165, 1.54) is 18.2 Å². The average Bonchev–Trinajstić information content (AvgIpc) is 2.73. The smallest absolute Gasteiger partial charge is 0.201 e. The number of aldehydes is 1. The van der Waals surface area contributed by atoms with Crippen molar-refractivity contribution in [3.05, 3.63) is 58.7 Å². The number of rotatable bonds is 7. The van der Waals surface area contributed by atoms with Crippen molar-refractivity contribution in [1.29, 1.82) is 0 Å². The van der Waals surface area contributed by atoms with Gasteiger partial charge in [0.05, 0.1) is 18.8 Å². The summed E-state index contributed by atoms with van der Waals surface area (Å²) in [6.07, 6.45) is 2.90. The number of hydrogen-bond donors (Lipinski definition) is 0.